The fourth-order valence-corrected chi connectivity index (χ4v) is 2.27. The number of nitrogens with zero attached hydrogens (tertiary/aromatic N) is 1. The van der Waals surface area contributed by atoms with Crippen molar-refractivity contribution in [3.63, 3.8) is 0 Å². The van der Waals surface area contributed by atoms with Gasteiger partial charge >= 0.3 is 0 Å². The quantitative estimate of drug-likeness (QED) is 0.783. The molecule has 2 atom stereocenters. The van der Waals surface area contributed by atoms with Crippen LogP contribution in [0, 0.1) is 19.8 Å². The first-order chi connectivity index (χ1) is 8.58. The van der Waals surface area contributed by atoms with Crippen molar-refractivity contribution in [3.8, 4) is 0 Å². The number of pyridine rings is 1. The fraction of sp³-hybridized carbons (Fsp3) is 0.688. The van der Waals surface area contributed by atoms with Gasteiger partial charge in [0.15, 0.2) is 0 Å². The van der Waals surface area contributed by atoms with E-state index in [1.54, 1.807) is 0 Å². The molecule has 0 aliphatic heterocycles. The third-order valence-corrected chi connectivity index (χ3v) is 3.62. The van der Waals surface area contributed by atoms with E-state index in [2.05, 4.69) is 57.1 Å². The van der Waals surface area contributed by atoms with Gasteiger partial charge in [0, 0.05) is 17.4 Å². The van der Waals surface area contributed by atoms with E-state index in [4.69, 9.17) is 0 Å². The van der Waals surface area contributed by atoms with Crippen LogP contribution in [0.25, 0.3) is 0 Å². The molecule has 0 fully saturated rings. The van der Waals surface area contributed by atoms with E-state index in [1.165, 1.54) is 30.5 Å². The molecule has 0 spiro atoms. The second-order valence-corrected chi connectivity index (χ2v) is 5.38. The van der Waals surface area contributed by atoms with Gasteiger partial charge in [-0.05, 0) is 50.8 Å². The second kappa shape index (κ2) is 7.52. The lowest BCUT2D eigenvalue weighted by Crippen LogP contribution is -2.25. The topological polar surface area (TPSA) is 24.9 Å². The highest BCUT2D eigenvalue weighted by atomic mass is 14.9. The van der Waals surface area contributed by atoms with Crippen LogP contribution in [0.2, 0.25) is 0 Å². The van der Waals surface area contributed by atoms with E-state index in [0.717, 1.165) is 18.2 Å². The maximum absolute atomic E-state index is 4.60. The lowest BCUT2D eigenvalue weighted by molar-refractivity contribution is 0.400. The van der Waals surface area contributed by atoms with Crippen LogP contribution in [0.4, 0.5) is 0 Å². The molecule has 1 aromatic heterocycles. The Kier molecular flexibility index (Phi) is 6.34. The molecule has 0 aromatic carbocycles. The SMILES string of the molecule is CCCNC(CC(C)CC)c1ccc(C)nc1C. The van der Waals surface area contributed by atoms with Crippen molar-refractivity contribution < 1.29 is 0 Å². The first-order valence-corrected chi connectivity index (χ1v) is 7.26. The summed E-state index contributed by atoms with van der Waals surface area (Å²) in [6.45, 7) is 12.1. The normalized spacial score (nSPS) is 14.5. The van der Waals surface area contributed by atoms with Crippen LogP contribution < -0.4 is 5.32 Å². The van der Waals surface area contributed by atoms with Gasteiger partial charge in [-0.3, -0.25) is 4.98 Å². The summed E-state index contributed by atoms with van der Waals surface area (Å²) in [5.74, 6) is 0.750. The van der Waals surface area contributed by atoms with E-state index >= 15 is 0 Å². The highest BCUT2D eigenvalue weighted by Gasteiger charge is 2.16. The zero-order valence-electron chi connectivity index (χ0n) is 12.6. The Hall–Kier alpha value is -0.890. The zero-order valence-corrected chi connectivity index (χ0v) is 12.6. The maximum atomic E-state index is 4.60. The van der Waals surface area contributed by atoms with Crippen LogP contribution in [0.15, 0.2) is 12.1 Å². The van der Waals surface area contributed by atoms with E-state index in [9.17, 15) is 0 Å². The summed E-state index contributed by atoms with van der Waals surface area (Å²) in [5.41, 5.74) is 3.65. The molecule has 2 heteroatoms. The minimum absolute atomic E-state index is 0.452. The molecule has 2 nitrogen and oxygen atoms in total. The van der Waals surface area contributed by atoms with Crippen LogP contribution >= 0.6 is 0 Å². The Balaban J connectivity index is 2.86. The summed E-state index contributed by atoms with van der Waals surface area (Å²) < 4.78 is 0. The summed E-state index contributed by atoms with van der Waals surface area (Å²) in [6, 6.07) is 4.82. The summed E-state index contributed by atoms with van der Waals surface area (Å²) in [7, 11) is 0. The average molecular weight is 248 g/mol. The van der Waals surface area contributed by atoms with Crippen molar-refractivity contribution in [2.75, 3.05) is 6.54 Å². The molecule has 0 saturated heterocycles. The third kappa shape index (κ3) is 4.41. The van der Waals surface area contributed by atoms with E-state index in [-0.39, 0.29) is 0 Å². The average Bonchev–Trinajstić information content (AvgIpc) is 2.34. The van der Waals surface area contributed by atoms with Crippen molar-refractivity contribution >= 4 is 0 Å². The Morgan fingerprint density at radius 3 is 2.50 bits per heavy atom. The van der Waals surface area contributed by atoms with Crippen LogP contribution in [-0.4, -0.2) is 11.5 Å². The minimum Gasteiger partial charge on any atom is -0.310 e. The number of hydrogen-bond acceptors (Lipinski definition) is 2. The van der Waals surface area contributed by atoms with Crippen LogP contribution in [0.3, 0.4) is 0 Å². The molecule has 2 unspecified atom stereocenters. The maximum Gasteiger partial charge on any atom is 0.0423 e. The van der Waals surface area contributed by atoms with E-state index in [0.29, 0.717) is 6.04 Å². The smallest absolute Gasteiger partial charge is 0.0423 e. The van der Waals surface area contributed by atoms with Gasteiger partial charge in [0.2, 0.25) is 0 Å². The Labute approximate surface area is 112 Å². The molecule has 1 rings (SSSR count). The van der Waals surface area contributed by atoms with Crippen molar-refractivity contribution in [2.45, 2.75) is 59.9 Å². The summed E-state index contributed by atoms with van der Waals surface area (Å²) in [6.07, 6.45) is 3.61. The molecule has 0 aliphatic carbocycles. The molecular weight excluding hydrogens is 220 g/mol. The lowest BCUT2D eigenvalue weighted by atomic mass is 9.93. The van der Waals surface area contributed by atoms with E-state index < -0.39 is 0 Å². The molecule has 1 aromatic rings. The largest absolute Gasteiger partial charge is 0.310 e. The number of aryl methyl sites for hydroxylation is 2. The molecule has 0 bridgehead atoms. The fourth-order valence-electron chi connectivity index (χ4n) is 2.27. The minimum atomic E-state index is 0.452. The van der Waals surface area contributed by atoms with Crippen molar-refractivity contribution in [3.05, 3.63) is 29.1 Å². The standard InChI is InChI=1S/C16H28N2/c1-6-10-17-16(11-12(3)7-2)15-9-8-13(4)18-14(15)5/h8-9,12,16-17H,6-7,10-11H2,1-5H3. The van der Waals surface area contributed by atoms with Crippen molar-refractivity contribution in [1.82, 2.24) is 10.3 Å². The van der Waals surface area contributed by atoms with Gasteiger partial charge in [-0.1, -0.05) is 33.3 Å². The van der Waals surface area contributed by atoms with Gasteiger partial charge in [0.25, 0.3) is 0 Å². The number of rotatable bonds is 7. The monoisotopic (exact) mass is 248 g/mol. The first kappa shape index (κ1) is 15.2. The van der Waals surface area contributed by atoms with Crippen LogP contribution in [0.1, 0.15) is 63.0 Å². The molecule has 18 heavy (non-hydrogen) atoms. The highest BCUT2D eigenvalue weighted by molar-refractivity contribution is 5.25. The van der Waals surface area contributed by atoms with Gasteiger partial charge in [-0.2, -0.15) is 0 Å². The zero-order chi connectivity index (χ0) is 13.5. The molecular formula is C16H28N2. The predicted molar refractivity (Wildman–Crippen MR) is 78.8 cm³/mol. The Morgan fingerprint density at radius 1 is 1.22 bits per heavy atom. The molecule has 102 valence electrons. The van der Waals surface area contributed by atoms with Gasteiger partial charge < -0.3 is 5.32 Å². The third-order valence-electron chi connectivity index (χ3n) is 3.62. The second-order valence-electron chi connectivity index (χ2n) is 5.38. The van der Waals surface area contributed by atoms with E-state index in [1.807, 2.05) is 0 Å². The molecule has 0 aliphatic rings. The molecule has 0 saturated carbocycles. The van der Waals surface area contributed by atoms with Gasteiger partial charge in [0.05, 0.1) is 0 Å². The van der Waals surface area contributed by atoms with Crippen molar-refractivity contribution in [1.29, 1.82) is 0 Å². The van der Waals surface area contributed by atoms with Crippen molar-refractivity contribution in [2.24, 2.45) is 5.92 Å². The summed E-state index contributed by atoms with van der Waals surface area (Å²) in [4.78, 5) is 4.60. The predicted octanol–water partition coefficient (Wildman–Crippen LogP) is 4.18. The molecule has 0 amide bonds. The molecule has 1 N–H and O–H groups in total. The first-order valence-electron chi connectivity index (χ1n) is 7.26. The Morgan fingerprint density at radius 2 is 1.94 bits per heavy atom. The van der Waals surface area contributed by atoms with Crippen LogP contribution in [0.5, 0.6) is 0 Å². The van der Waals surface area contributed by atoms with Gasteiger partial charge in [0.1, 0.15) is 0 Å². The van der Waals surface area contributed by atoms with Gasteiger partial charge in [-0.25, -0.2) is 0 Å². The lowest BCUT2D eigenvalue weighted by Gasteiger charge is -2.23. The number of nitrogens with one attached hydrogen (secondary N) is 1. The number of hydrogen-bond donors (Lipinski definition) is 1. The molecule has 1 heterocycles. The molecule has 0 radical (unpaired) electrons. The Bertz CT molecular complexity index is 360. The number of aromatic nitrogens is 1. The van der Waals surface area contributed by atoms with Gasteiger partial charge in [-0.15, -0.1) is 0 Å². The summed E-state index contributed by atoms with van der Waals surface area (Å²) in [5, 5.41) is 3.67. The highest BCUT2D eigenvalue weighted by Crippen LogP contribution is 2.25. The van der Waals surface area contributed by atoms with Crippen LogP contribution in [-0.2, 0) is 0 Å². The summed E-state index contributed by atoms with van der Waals surface area (Å²) >= 11 is 0.